The highest BCUT2D eigenvalue weighted by atomic mass is 79.9. The standard InChI is InChI=1S/C10H13BrN2O2S/c1-6-4-7(16-9(6)11)10(15)12-5-8(14)13(2)3/h4H,5H2,1-3H3,(H,12,15). The second-order valence-electron chi connectivity index (χ2n) is 3.54. The first-order valence-corrected chi connectivity index (χ1v) is 6.27. The van der Waals surface area contributed by atoms with Crippen LogP contribution in [-0.2, 0) is 4.79 Å². The maximum atomic E-state index is 11.6. The Morgan fingerprint density at radius 2 is 2.12 bits per heavy atom. The third-order valence-corrected chi connectivity index (χ3v) is 4.12. The molecule has 6 heteroatoms. The molecule has 1 aromatic heterocycles. The van der Waals surface area contributed by atoms with Crippen LogP contribution in [0.25, 0.3) is 0 Å². The molecular formula is C10H13BrN2O2S. The molecule has 0 atom stereocenters. The van der Waals surface area contributed by atoms with Crippen molar-refractivity contribution in [2.75, 3.05) is 20.6 Å². The van der Waals surface area contributed by atoms with Gasteiger partial charge in [-0.25, -0.2) is 0 Å². The van der Waals surface area contributed by atoms with Gasteiger partial charge >= 0.3 is 0 Å². The summed E-state index contributed by atoms with van der Waals surface area (Å²) in [6.45, 7) is 1.95. The number of likely N-dealkylation sites (N-methyl/N-ethyl adjacent to an activating group) is 1. The Hall–Kier alpha value is -0.880. The van der Waals surface area contributed by atoms with Gasteiger partial charge in [0.25, 0.3) is 5.91 Å². The van der Waals surface area contributed by atoms with Crippen LogP contribution >= 0.6 is 27.3 Å². The predicted octanol–water partition coefficient (Wildman–Crippen LogP) is 1.64. The van der Waals surface area contributed by atoms with Gasteiger partial charge in [-0.05, 0) is 34.5 Å². The third kappa shape index (κ3) is 3.31. The zero-order valence-corrected chi connectivity index (χ0v) is 11.7. The van der Waals surface area contributed by atoms with E-state index in [2.05, 4.69) is 21.2 Å². The van der Waals surface area contributed by atoms with Crippen LogP contribution < -0.4 is 5.32 Å². The highest BCUT2D eigenvalue weighted by Gasteiger charge is 2.12. The van der Waals surface area contributed by atoms with Gasteiger partial charge in [0, 0.05) is 14.1 Å². The SMILES string of the molecule is Cc1cc(C(=O)NCC(=O)N(C)C)sc1Br. The van der Waals surface area contributed by atoms with E-state index < -0.39 is 0 Å². The largest absolute Gasteiger partial charge is 0.347 e. The van der Waals surface area contributed by atoms with E-state index in [4.69, 9.17) is 0 Å². The molecule has 0 unspecified atom stereocenters. The van der Waals surface area contributed by atoms with Crippen LogP contribution in [0.2, 0.25) is 0 Å². The highest BCUT2D eigenvalue weighted by molar-refractivity contribution is 9.11. The third-order valence-electron chi connectivity index (χ3n) is 1.98. The quantitative estimate of drug-likeness (QED) is 0.923. The van der Waals surface area contributed by atoms with E-state index in [9.17, 15) is 9.59 Å². The number of amides is 2. The van der Waals surface area contributed by atoms with Gasteiger partial charge in [0.05, 0.1) is 15.2 Å². The van der Waals surface area contributed by atoms with Crippen molar-refractivity contribution in [2.24, 2.45) is 0 Å². The Balaban J connectivity index is 2.56. The van der Waals surface area contributed by atoms with Gasteiger partial charge in [0.2, 0.25) is 5.91 Å². The van der Waals surface area contributed by atoms with E-state index in [0.717, 1.165) is 9.35 Å². The summed E-state index contributed by atoms with van der Waals surface area (Å²) in [6, 6.07) is 1.80. The zero-order valence-electron chi connectivity index (χ0n) is 9.33. The van der Waals surface area contributed by atoms with Crippen LogP contribution in [0.15, 0.2) is 9.85 Å². The number of thiophene rings is 1. The minimum absolute atomic E-state index is 0.0282. The summed E-state index contributed by atoms with van der Waals surface area (Å²) in [5.41, 5.74) is 1.02. The summed E-state index contributed by atoms with van der Waals surface area (Å²) in [5, 5.41) is 2.58. The van der Waals surface area contributed by atoms with Gasteiger partial charge in [-0.2, -0.15) is 0 Å². The maximum Gasteiger partial charge on any atom is 0.261 e. The van der Waals surface area contributed by atoms with Gasteiger partial charge in [-0.15, -0.1) is 11.3 Å². The molecule has 0 spiro atoms. The van der Waals surface area contributed by atoms with Crippen LogP contribution in [-0.4, -0.2) is 37.4 Å². The molecule has 1 N–H and O–H groups in total. The molecule has 0 fully saturated rings. The summed E-state index contributed by atoms with van der Waals surface area (Å²) < 4.78 is 0.941. The fraction of sp³-hybridized carbons (Fsp3) is 0.400. The smallest absolute Gasteiger partial charge is 0.261 e. The summed E-state index contributed by atoms with van der Waals surface area (Å²) in [7, 11) is 3.31. The van der Waals surface area contributed by atoms with Crippen molar-refractivity contribution >= 4 is 39.1 Å². The summed E-state index contributed by atoms with van der Waals surface area (Å²) >= 11 is 4.71. The number of carbonyl (C=O) groups is 2. The van der Waals surface area contributed by atoms with Gasteiger partial charge in [-0.1, -0.05) is 0 Å². The normalized spacial score (nSPS) is 10.0. The fourth-order valence-corrected chi connectivity index (χ4v) is 2.42. The number of nitrogens with one attached hydrogen (secondary N) is 1. The molecule has 4 nitrogen and oxygen atoms in total. The van der Waals surface area contributed by atoms with E-state index in [1.807, 2.05) is 6.92 Å². The first kappa shape index (κ1) is 13.2. The molecule has 1 heterocycles. The van der Waals surface area contributed by atoms with Crippen LogP contribution in [0.4, 0.5) is 0 Å². The summed E-state index contributed by atoms with van der Waals surface area (Å²) in [6.07, 6.45) is 0. The van der Waals surface area contributed by atoms with Gasteiger partial charge in [0.15, 0.2) is 0 Å². The Labute approximate surface area is 107 Å². The number of halogens is 1. The van der Waals surface area contributed by atoms with E-state index in [0.29, 0.717) is 4.88 Å². The number of rotatable bonds is 3. The van der Waals surface area contributed by atoms with E-state index >= 15 is 0 Å². The van der Waals surface area contributed by atoms with Crippen molar-refractivity contribution < 1.29 is 9.59 Å². The maximum absolute atomic E-state index is 11.6. The Bertz CT molecular complexity index is 395. The Kier molecular flexibility index (Phi) is 4.49. The van der Waals surface area contributed by atoms with Gasteiger partial charge < -0.3 is 10.2 Å². The lowest BCUT2D eigenvalue weighted by molar-refractivity contribution is -0.127. The molecule has 1 rings (SSSR count). The highest BCUT2D eigenvalue weighted by Crippen LogP contribution is 2.27. The molecule has 0 radical (unpaired) electrons. The first-order valence-electron chi connectivity index (χ1n) is 4.66. The van der Waals surface area contributed by atoms with Gasteiger partial charge in [0.1, 0.15) is 0 Å². The van der Waals surface area contributed by atoms with Crippen LogP contribution in [0.1, 0.15) is 15.2 Å². The molecule has 0 aliphatic carbocycles. The minimum atomic E-state index is -0.214. The molecule has 0 aliphatic rings. The van der Waals surface area contributed by atoms with Crippen LogP contribution in [0.5, 0.6) is 0 Å². The predicted molar refractivity (Wildman–Crippen MR) is 67.8 cm³/mol. The number of hydrogen-bond donors (Lipinski definition) is 1. The van der Waals surface area contributed by atoms with Crippen molar-refractivity contribution in [3.8, 4) is 0 Å². The van der Waals surface area contributed by atoms with Crippen LogP contribution in [0, 0.1) is 6.92 Å². The van der Waals surface area contributed by atoms with Gasteiger partial charge in [-0.3, -0.25) is 9.59 Å². The average Bonchev–Trinajstić information content (AvgIpc) is 2.55. The van der Waals surface area contributed by atoms with E-state index in [1.165, 1.54) is 16.2 Å². The molecule has 0 saturated carbocycles. The van der Waals surface area contributed by atoms with E-state index in [-0.39, 0.29) is 18.4 Å². The summed E-state index contributed by atoms with van der Waals surface area (Å²) in [4.78, 5) is 24.9. The molecule has 2 amide bonds. The van der Waals surface area contributed by atoms with Crippen molar-refractivity contribution in [1.29, 1.82) is 0 Å². The summed E-state index contributed by atoms with van der Waals surface area (Å²) in [5.74, 6) is -0.338. The lowest BCUT2D eigenvalue weighted by Gasteiger charge is -2.10. The van der Waals surface area contributed by atoms with E-state index in [1.54, 1.807) is 20.2 Å². The topological polar surface area (TPSA) is 49.4 Å². The molecule has 0 bridgehead atoms. The molecule has 0 aliphatic heterocycles. The van der Waals surface area contributed by atoms with Crippen molar-refractivity contribution in [3.05, 3.63) is 20.3 Å². The first-order chi connectivity index (χ1) is 7.41. The molecule has 1 aromatic rings. The second-order valence-corrected chi connectivity index (χ2v) is 5.91. The Morgan fingerprint density at radius 1 is 1.50 bits per heavy atom. The molecular weight excluding hydrogens is 292 g/mol. The van der Waals surface area contributed by atoms with Crippen molar-refractivity contribution in [1.82, 2.24) is 10.2 Å². The molecule has 0 aromatic carbocycles. The lowest BCUT2D eigenvalue weighted by atomic mass is 10.3. The Morgan fingerprint density at radius 3 is 2.56 bits per heavy atom. The zero-order chi connectivity index (χ0) is 12.3. The number of nitrogens with zero attached hydrogens (tertiary/aromatic N) is 1. The van der Waals surface area contributed by atoms with Crippen LogP contribution in [0.3, 0.4) is 0 Å². The number of carbonyl (C=O) groups excluding carboxylic acids is 2. The number of aryl methyl sites for hydroxylation is 1. The molecule has 0 saturated heterocycles. The molecule has 88 valence electrons. The second kappa shape index (κ2) is 5.45. The minimum Gasteiger partial charge on any atom is -0.347 e. The van der Waals surface area contributed by atoms with Crippen molar-refractivity contribution in [3.63, 3.8) is 0 Å². The lowest BCUT2D eigenvalue weighted by Crippen LogP contribution is -2.35. The molecule has 16 heavy (non-hydrogen) atoms. The number of hydrogen-bond acceptors (Lipinski definition) is 3. The fourth-order valence-electron chi connectivity index (χ4n) is 0.973. The monoisotopic (exact) mass is 304 g/mol. The van der Waals surface area contributed by atoms with Crippen molar-refractivity contribution in [2.45, 2.75) is 6.92 Å². The average molecular weight is 305 g/mol.